The number of thiophene rings is 1. The lowest BCUT2D eigenvalue weighted by molar-refractivity contribution is 0.606. The SMILES string of the molecule is Cc1csc2c(NCc3ccncc3F)nc(Cl)nc12. The summed E-state index contributed by atoms with van der Waals surface area (Å²) in [6, 6.07) is 1.63. The van der Waals surface area contributed by atoms with Gasteiger partial charge in [0.05, 0.1) is 16.4 Å². The van der Waals surface area contributed by atoms with Gasteiger partial charge in [0, 0.05) is 18.3 Å². The van der Waals surface area contributed by atoms with Gasteiger partial charge in [-0.1, -0.05) is 0 Å². The van der Waals surface area contributed by atoms with E-state index in [2.05, 4.69) is 20.3 Å². The van der Waals surface area contributed by atoms with E-state index in [4.69, 9.17) is 11.6 Å². The molecule has 3 aromatic heterocycles. The first kappa shape index (κ1) is 13.2. The van der Waals surface area contributed by atoms with Crippen molar-refractivity contribution in [3.8, 4) is 0 Å². The van der Waals surface area contributed by atoms with Gasteiger partial charge in [0.25, 0.3) is 0 Å². The second-order valence-electron chi connectivity index (χ2n) is 4.26. The summed E-state index contributed by atoms with van der Waals surface area (Å²) in [7, 11) is 0. The van der Waals surface area contributed by atoms with Gasteiger partial charge in [-0.15, -0.1) is 11.3 Å². The number of aromatic nitrogens is 3. The minimum atomic E-state index is -0.348. The second kappa shape index (κ2) is 5.30. The van der Waals surface area contributed by atoms with Crippen molar-refractivity contribution >= 4 is 39.0 Å². The zero-order chi connectivity index (χ0) is 14.1. The van der Waals surface area contributed by atoms with Crippen molar-refractivity contribution in [1.29, 1.82) is 0 Å². The Morgan fingerprint density at radius 2 is 2.25 bits per heavy atom. The van der Waals surface area contributed by atoms with Crippen LogP contribution in [-0.2, 0) is 6.54 Å². The number of nitrogens with one attached hydrogen (secondary N) is 1. The molecule has 0 aliphatic rings. The molecule has 0 aliphatic heterocycles. The molecule has 0 fully saturated rings. The molecule has 3 heterocycles. The summed E-state index contributed by atoms with van der Waals surface area (Å²) in [6.07, 6.45) is 2.74. The zero-order valence-electron chi connectivity index (χ0n) is 10.5. The highest BCUT2D eigenvalue weighted by Crippen LogP contribution is 2.30. The predicted octanol–water partition coefficient (Wildman–Crippen LogP) is 3.80. The summed E-state index contributed by atoms with van der Waals surface area (Å²) < 4.78 is 14.4. The molecule has 0 radical (unpaired) electrons. The largest absolute Gasteiger partial charge is 0.365 e. The van der Waals surface area contributed by atoms with Crippen LogP contribution in [0.4, 0.5) is 10.2 Å². The first-order valence-corrected chi connectivity index (χ1v) is 7.14. The Labute approximate surface area is 123 Å². The Morgan fingerprint density at radius 1 is 1.40 bits per heavy atom. The van der Waals surface area contributed by atoms with E-state index in [1.54, 1.807) is 12.3 Å². The molecule has 0 aliphatic carbocycles. The molecular formula is C13H10ClFN4S. The number of pyridine rings is 1. The lowest BCUT2D eigenvalue weighted by Gasteiger charge is -2.07. The van der Waals surface area contributed by atoms with E-state index in [0.717, 1.165) is 15.8 Å². The lowest BCUT2D eigenvalue weighted by atomic mass is 10.2. The fourth-order valence-corrected chi connectivity index (χ4v) is 2.97. The van der Waals surface area contributed by atoms with Crippen LogP contribution in [0.5, 0.6) is 0 Å². The number of fused-ring (bicyclic) bond motifs is 1. The average molecular weight is 309 g/mol. The minimum Gasteiger partial charge on any atom is -0.365 e. The van der Waals surface area contributed by atoms with Crippen molar-refractivity contribution in [2.75, 3.05) is 5.32 Å². The number of nitrogens with zero attached hydrogens (tertiary/aromatic N) is 3. The fourth-order valence-electron chi connectivity index (χ4n) is 1.85. The van der Waals surface area contributed by atoms with E-state index in [-0.39, 0.29) is 11.1 Å². The number of anilines is 1. The smallest absolute Gasteiger partial charge is 0.224 e. The average Bonchev–Trinajstić information content (AvgIpc) is 2.79. The van der Waals surface area contributed by atoms with Crippen LogP contribution >= 0.6 is 22.9 Å². The molecule has 0 unspecified atom stereocenters. The molecule has 20 heavy (non-hydrogen) atoms. The summed E-state index contributed by atoms with van der Waals surface area (Å²) in [5.74, 6) is 0.271. The van der Waals surface area contributed by atoms with Crippen molar-refractivity contribution in [3.05, 3.63) is 46.1 Å². The van der Waals surface area contributed by atoms with Crippen LogP contribution in [0.25, 0.3) is 10.2 Å². The van der Waals surface area contributed by atoms with Crippen LogP contribution in [0, 0.1) is 12.7 Å². The Balaban J connectivity index is 1.93. The molecule has 0 bridgehead atoms. The van der Waals surface area contributed by atoms with Crippen molar-refractivity contribution in [2.45, 2.75) is 13.5 Å². The standard InChI is InChI=1S/C13H10ClFN4S/c1-7-6-20-11-10(7)18-13(14)19-12(11)17-4-8-2-3-16-5-9(8)15/h2-3,5-6H,4H2,1H3,(H,17,18,19). The van der Waals surface area contributed by atoms with Crippen molar-refractivity contribution in [1.82, 2.24) is 15.0 Å². The van der Waals surface area contributed by atoms with Gasteiger partial charge < -0.3 is 5.32 Å². The Kier molecular flexibility index (Phi) is 3.50. The van der Waals surface area contributed by atoms with E-state index >= 15 is 0 Å². The molecule has 102 valence electrons. The maximum Gasteiger partial charge on any atom is 0.224 e. The highest BCUT2D eigenvalue weighted by Gasteiger charge is 2.11. The van der Waals surface area contributed by atoms with Crippen LogP contribution in [0.1, 0.15) is 11.1 Å². The van der Waals surface area contributed by atoms with Crippen LogP contribution < -0.4 is 5.32 Å². The van der Waals surface area contributed by atoms with Crippen LogP contribution in [0.2, 0.25) is 5.28 Å². The molecule has 1 N–H and O–H groups in total. The summed E-state index contributed by atoms with van der Waals surface area (Å²) in [5, 5.41) is 5.28. The fraction of sp³-hybridized carbons (Fsp3) is 0.154. The Bertz CT molecular complexity index is 774. The molecule has 0 amide bonds. The van der Waals surface area contributed by atoms with Gasteiger partial charge in [-0.05, 0) is 35.5 Å². The molecule has 0 aromatic carbocycles. The third kappa shape index (κ3) is 2.44. The number of hydrogen-bond acceptors (Lipinski definition) is 5. The molecule has 3 rings (SSSR count). The van der Waals surface area contributed by atoms with E-state index in [1.165, 1.54) is 17.5 Å². The van der Waals surface area contributed by atoms with Crippen LogP contribution in [0.15, 0.2) is 23.8 Å². The first-order valence-electron chi connectivity index (χ1n) is 5.89. The molecule has 0 saturated heterocycles. The molecule has 0 atom stereocenters. The molecule has 4 nitrogen and oxygen atoms in total. The van der Waals surface area contributed by atoms with E-state index in [9.17, 15) is 4.39 Å². The van der Waals surface area contributed by atoms with Gasteiger partial charge >= 0.3 is 0 Å². The number of halogens is 2. The summed E-state index contributed by atoms with van der Waals surface area (Å²) in [6.45, 7) is 2.28. The maximum atomic E-state index is 13.5. The molecule has 0 spiro atoms. The van der Waals surface area contributed by atoms with E-state index in [1.807, 2.05) is 12.3 Å². The first-order chi connectivity index (χ1) is 9.65. The Hall–Kier alpha value is -1.79. The zero-order valence-corrected chi connectivity index (χ0v) is 12.1. The summed E-state index contributed by atoms with van der Waals surface area (Å²) >= 11 is 7.46. The third-order valence-corrected chi connectivity index (χ3v) is 4.13. The van der Waals surface area contributed by atoms with Gasteiger partial charge in [0.2, 0.25) is 5.28 Å². The minimum absolute atomic E-state index is 0.178. The predicted molar refractivity (Wildman–Crippen MR) is 78.7 cm³/mol. The van der Waals surface area contributed by atoms with Gasteiger partial charge in [-0.25, -0.2) is 9.37 Å². The van der Waals surface area contributed by atoms with Crippen LogP contribution in [-0.4, -0.2) is 15.0 Å². The van der Waals surface area contributed by atoms with Crippen LogP contribution in [0.3, 0.4) is 0 Å². The normalized spacial score (nSPS) is 10.9. The monoisotopic (exact) mass is 308 g/mol. The van der Waals surface area contributed by atoms with E-state index < -0.39 is 0 Å². The van der Waals surface area contributed by atoms with Gasteiger partial charge in [-0.2, -0.15) is 4.98 Å². The summed E-state index contributed by atoms with van der Waals surface area (Å²) in [5.41, 5.74) is 2.40. The Morgan fingerprint density at radius 3 is 3.05 bits per heavy atom. The molecule has 3 aromatic rings. The molecular weight excluding hydrogens is 299 g/mol. The highest BCUT2D eigenvalue weighted by atomic mass is 35.5. The lowest BCUT2D eigenvalue weighted by Crippen LogP contribution is -2.04. The van der Waals surface area contributed by atoms with E-state index in [0.29, 0.717) is 17.9 Å². The second-order valence-corrected chi connectivity index (χ2v) is 5.48. The van der Waals surface area contributed by atoms with Crippen molar-refractivity contribution < 1.29 is 4.39 Å². The van der Waals surface area contributed by atoms with Gasteiger partial charge in [0.1, 0.15) is 11.6 Å². The quantitative estimate of drug-likeness (QED) is 0.748. The molecule has 0 saturated carbocycles. The number of hydrogen-bond donors (Lipinski definition) is 1. The summed E-state index contributed by atoms with van der Waals surface area (Å²) in [4.78, 5) is 12.1. The number of rotatable bonds is 3. The molecule has 7 heteroatoms. The van der Waals surface area contributed by atoms with Gasteiger partial charge in [-0.3, -0.25) is 4.98 Å². The maximum absolute atomic E-state index is 13.5. The topological polar surface area (TPSA) is 50.7 Å². The third-order valence-electron chi connectivity index (χ3n) is 2.87. The van der Waals surface area contributed by atoms with Crippen molar-refractivity contribution in [3.63, 3.8) is 0 Å². The number of aryl methyl sites for hydroxylation is 1. The highest BCUT2D eigenvalue weighted by molar-refractivity contribution is 7.18. The van der Waals surface area contributed by atoms with Gasteiger partial charge in [0.15, 0.2) is 0 Å². The van der Waals surface area contributed by atoms with Crippen molar-refractivity contribution in [2.24, 2.45) is 0 Å².